The molecule has 0 radical (unpaired) electrons. The van der Waals surface area contributed by atoms with Crippen LogP contribution in [0.2, 0.25) is 0 Å². The first-order valence-electron chi connectivity index (χ1n) is 4.00. The molecule has 0 N–H and O–H groups in total. The van der Waals surface area contributed by atoms with E-state index in [-0.39, 0.29) is 6.00 Å². The maximum Gasteiger partial charge on any atom is 0.288 e. The number of hydrogen-bond donors (Lipinski definition) is 0. The van der Waals surface area contributed by atoms with Crippen molar-refractivity contribution in [3.63, 3.8) is 0 Å². The van der Waals surface area contributed by atoms with Crippen molar-refractivity contribution in [1.82, 2.24) is 9.78 Å². The Kier molecular flexibility index (Phi) is 2.65. The van der Waals surface area contributed by atoms with E-state index in [1.165, 1.54) is 4.68 Å². The van der Waals surface area contributed by atoms with Gasteiger partial charge in [0.2, 0.25) is 5.89 Å². The first-order chi connectivity index (χ1) is 6.81. The molecular formula is C9H7ClN2OS. The fourth-order valence-electron chi connectivity index (χ4n) is 1.08. The molecule has 0 aliphatic heterocycles. The minimum Gasteiger partial charge on any atom is -0.409 e. The van der Waals surface area contributed by atoms with Gasteiger partial charge in [-0.15, -0.1) is 16.7 Å². The number of alkyl halides is 1. The van der Waals surface area contributed by atoms with Gasteiger partial charge in [0, 0.05) is 5.56 Å². The number of hydrogen-bond acceptors (Lipinski definition) is 3. The molecule has 72 valence electrons. The van der Waals surface area contributed by atoms with Crippen LogP contribution in [0.25, 0.3) is 11.5 Å². The summed E-state index contributed by atoms with van der Waals surface area (Å²) < 4.78 is 6.70. The predicted molar refractivity (Wildman–Crippen MR) is 56.6 cm³/mol. The van der Waals surface area contributed by atoms with Crippen LogP contribution in [-0.2, 0) is 6.00 Å². The Hall–Kier alpha value is -1.13. The second kappa shape index (κ2) is 3.94. The molecule has 0 aliphatic rings. The maximum absolute atomic E-state index is 5.61. The molecule has 14 heavy (non-hydrogen) atoms. The fourth-order valence-corrected chi connectivity index (χ4v) is 1.50. The van der Waals surface area contributed by atoms with Gasteiger partial charge in [0.05, 0.1) is 0 Å². The molecular weight excluding hydrogens is 220 g/mol. The second-order valence-corrected chi connectivity index (χ2v) is 3.25. The van der Waals surface area contributed by atoms with E-state index in [1.54, 1.807) is 0 Å². The van der Waals surface area contributed by atoms with Gasteiger partial charge in [-0.1, -0.05) is 18.2 Å². The third-order valence-corrected chi connectivity index (χ3v) is 2.26. The van der Waals surface area contributed by atoms with Crippen LogP contribution in [0.3, 0.4) is 0 Å². The van der Waals surface area contributed by atoms with Crippen molar-refractivity contribution in [1.29, 1.82) is 0 Å². The summed E-state index contributed by atoms with van der Waals surface area (Å²) in [7, 11) is 0. The van der Waals surface area contributed by atoms with Crippen LogP contribution in [0, 0.1) is 4.84 Å². The first-order valence-corrected chi connectivity index (χ1v) is 4.95. The Morgan fingerprint density at radius 1 is 1.36 bits per heavy atom. The van der Waals surface area contributed by atoms with Gasteiger partial charge in [0.25, 0.3) is 4.84 Å². The van der Waals surface area contributed by atoms with E-state index >= 15 is 0 Å². The lowest BCUT2D eigenvalue weighted by Gasteiger charge is -1.91. The monoisotopic (exact) mass is 226 g/mol. The molecule has 1 aromatic carbocycles. The van der Waals surface area contributed by atoms with Gasteiger partial charge < -0.3 is 4.42 Å². The Balaban J connectivity index is 2.48. The van der Waals surface area contributed by atoms with Crippen molar-refractivity contribution in [3.05, 3.63) is 35.2 Å². The van der Waals surface area contributed by atoms with E-state index in [0.717, 1.165) is 5.56 Å². The molecule has 2 rings (SSSR count). The van der Waals surface area contributed by atoms with E-state index in [1.807, 2.05) is 30.3 Å². The van der Waals surface area contributed by atoms with Crippen molar-refractivity contribution in [2.75, 3.05) is 0 Å². The quantitative estimate of drug-likeness (QED) is 0.583. The molecule has 1 aromatic heterocycles. The standard InChI is InChI=1S/C9H7ClN2OS/c10-6-12-9(14)13-8(11-12)7-4-2-1-3-5-7/h1-5H,6H2. The van der Waals surface area contributed by atoms with Gasteiger partial charge in [0.1, 0.15) is 6.00 Å². The van der Waals surface area contributed by atoms with Crippen LogP contribution in [0.4, 0.5) is 0 Å². The number of nitrogens with zero attached hydrogens (tertiary/aromatic N) is 2. The summed E-state index contributed by atoms with van der Waals surface area (Å²) >= 11 is 10.5. The molecule has 0 atom stereocenters. The van der Waals surface area contributed by atoms with Gasteiger partial charge in [-0.2, -0.15) is 0 Å². The van der Waals surface area contributed by atoms with Crippen molar-refractivity contribution < 1.29 is 4.42 Å². The molecule has 3 nitrogen and oxygen atoms in total. The normalized spacial score (nSPS) is 10.4. The zero-order valence-corrected chi connectivity index (χ0v) is 8.76. The van der Waals surface area contributed by atoms with Crippen LogP contribution < -0.4 is 0 Å². The third-order valence-electron chi connectivity index (χ3n) is 1.74. The van der Waals surface area contributed by atoms with Crippen LogP contribution in [0.1, 0.15) is 0 Å². The van der Waals surface area contributed by atoms with E-state index in [0.29, 0.717) is 10.7 Å². The van der Waals surface area contributed by atoms with Crippen LogP contribution in [-0.4, -0.2) is 9.78 Å². The molecule has 0 unspecified atom stereocenters. The summed E-state index contributed by atoms with van der Waals surface area (Å²) in [5, 5.41) is 4.11. The van der Waals surface area contributed by atoms with Crippen LogP contribution >= 0.6 is 23.8 Å². The van der Waals surface area contributed by atoms with Crippen LogP contribution in [0.15, 0.2) is 34.7 Å². The summed E-state index contributed by atoms with van der Waals surface area (Å²) in [6.07, 6.45) is 0. The Bertz CT molecular complexity index is 477. The van der Waals surface area contributed by atoms with Gasteiger partial charge in [-0.3, -0.25) is 0 Å². The molecule has 0 saturated carbocycles. The van der Waals surface area contributed by atoms with Crippen molar-refractivity contribution in [2.24, 2.45) is 0 Å². The minimum absolute atomic E-state index is 0.204. The average molecular weight is 227 g/mol. The Morgan fingerprint density at radius 3 is 2.64 bits per heavy atom. The lowest BCUT2D eigenvalue weighted by molar-refractivity contribution is 0.532. The largest absolute Gasteiger partial charge is 0.409 e. The highest BCUT2D eigenvalue weighted by molar-refractivity contribution is 7.71. The maximum atomic E-state index is 5.61. The molecule has 0 aliphatic carbocycles. The van der Waals surface area contributed by atoms with Crippen LogP contribution in [0.5, 0.6) is 0 Å². The summed E-state index contributed by atoms with van der Waals surface area (Å²) in [5.41, 5.74) is 0.891. The predicted octanol–water partition coefficient (Wildman–Crippen LogP) is 3.07. The Morgan fingerprint density at radius 2 is 2.07 bits per heavy atom. The van der Waals surface area contributed by atoms with Gasteiger partial charge in [0.15, 0.2) is 0 Å². The fraction of sp³-hybridized carbons (Fsp3) is 0.111. The number of rotatable bonds is 2. The highest BCUT2D eigenvalue weighted by atomic mass is 35.5. The molecule has 0 amide bonds. The van der Waals surface area contributed by atoms with E-state index < -0.39 is 0 Å². The topological polar surface area (TPSA) is 31.0 Å². The Labute approximate surface area is 90.9 Å². The smallest absolute Gasteiger partial charge is 0.288 e. The van der Waals surface area contributed by atoms with Gasteiger partial charge >= 0.3 is 0 Å². The van der Waals surface area contributed by atoms with E-state index in [2.05, 4.69) is 5.10 Å². The summed E-state index contributed by atoms with van der Waals surface area (Å²) in [5.74, 6) is 0.497. The highest BCUT2D eigenvalue weighted by Gasteiger charge is 2.05. The number of aromatic nitrogens is 2. The van der Waals surface area contributed by atoms with Gasteiger partial charge in [-0.25, -0.2) is 4.68 Å². The molecule has 0 spiro atoms. The molecule has 0 fully saturated rings. The number of halogens is 1. The van der Waals surface area contributed by atoms with Crippen molar-refractivity contribution in [3.8, 4) is 11.5 Å². The first kappa shape index (κ1) is 9.43. The summed E-state index contributed by atoms with van der Waals surface area (Å²) in [6.45, 7) is 0. The second-order valence-electron chi connectivity index (χ2n) is 2.66. The molecule has 2 aromatic rings. The number of benzene rings is 1. The molecule has 0 bridgehead atoms. The molecule has 1 heterocycles. The zero-order chi connectivity index (χ0) is 9.97. The third kappa shape index (κ3) is 1.71. The van der Waals surface area contributed by atoms with Gasteiger partial charge in [-0.05, 0) is 24.4 Å². The average Bonchev–Trinajstić information content (AvgIpc) is 2.61. The molecule has 0 saturated heterocycles. The minimum atomic E-state index is 0.204. The highest BCUT2D eigenvalue weighted by Crippen LogP contribution is 2.16. The molecule has 5 heteroatoms. The lowest BCUT2D eigenvalue weighted by Crippen LogP contribution is -1.93. The van der Waals surface area contributed by atoms with Crippen molar-refractivity contribution >= 4 is 23.8 Å². The van der Waals surface area contributed by atoms with E-state index in [4.69, 9.17) is 28.2 Å². The van der Waals surface area contributed by atoms with E-state index in [9.17, 15) is 0 Å². The van der Waals surface area contributed by atoms with Crippen molar-refractivity contribution in [2.45, 2.75) is 6.00 Å². The summed E-state index contributed by atoms with van der Waals surface area (Å²) in [4.78, 5) is 0.291. The lowest BCUT2D eigenvalue weighted by atomic mass is 10.2. The SMILES string of the molecule is S=c1oc(-c2ccccc2)nn1CCl. The zero-order valence-electron chi connectivity index (χ0n) is 7.18. The summed E-state index contributed by atoms with van der Waals surface area (Å²) in [6, 6.07) is 9.76.